The van der Waals surface area contributed by atoms with Crippen LogP contribution in [0.3, 0.4) is 0 Å². The SMILES string of the molecule is O=S(=O)([O-])c1cccnc1SCc1ccccc1. The number of aromatic nitrogens is 1. The second kappa shape index (κ2) is 5.51. The zero-order valence-electron chi connectivity index (χ0n) is 9.31. The number of hydrogen-bond acceptors (Lipinski definition) is 5. The second-order valence-electron chi connectivity index (χ2n) is 3.54. The molecule has 6 heteroatoms. The van der Waals surface area contributed by atoms with Crippen molar-refractivity contribution in [3.8, 4) is 0 Å². The van der Waals surface area contributed by atoms with Gasteiger partial charge in [-0.25, -0.2) is 13.4 Å². The molecule has 0 bridgehead atoms. The number of rotatable bonds is 4. The predicted molar refractivity (Wildman–Crippen MR) is 68.2 cm³/mol. The van der Waals surface area contributed by atoms with E-state index in [4.69, 9.17) is 0 Å². The molecule has 4 nitrogen and oxygen atoms in total. The van der Waals surface area contributed by atoms with E-state index in [-0.39, 0.29) is 9.92 Å². The van der Waals surface area contributed by atoms with Gasteiger partial charge in [-0.3, -0.25) is 0 Å². The molecule has 1 heterocycles. The van der Waals surface area contributed by atoms with Crippen molar-refractivity contribution < 1.29 is 13.0 Å². The molecule has 94 valence electrons. The number of nitrogens with zero attached hydrogens (tertiary/aromatic N) is 1. The van der Waals surface area contributed by atoms with Crippen LogP contribution in [0, 0.1) is 0 Å². The quantitative estimate of drug-likeness (QED) is 0.634. The van der Waals surface area contributed by atoms with E-state index in [1.165, 1.54) is 30.1 Å². The molecule has 2 rings (SSSR count). The largest absolute Gasteiger partial charge is 0.744 e. The smallest absolute Gasteiger partial charge is 0.127 e. The molecule has 0 fully saturated rings. The fraction of sp³-hybridized carbons (Fsp3) is 0.0833. The van der Waals surface area contributed by atoms with Gasteiger partial charge in [-0.05, 0) is 17.7 Å². The summed E-state index contributed by atoms with van der Waals surface area (Å²) in [5.41, 5.74) is 1.04. The fourth-order valence-corrected chi connectivity index (χ4v) is 3.24. The van der Waals surface area contributed by atoms with E-state index in [0.29, 0.717) is 5.75 Å². The lowest BCUT2D eigenvalue weighted by atomic mass is 10.2. The van der Waals surface area contributed by atoms with Gasteiger partial charge in [0.1, 0.15) is 15.1 Å². The molecular formula is C12H10NO3S2-. The molecule has 0 unspecified atom stereocenters. The second-order valence-corrected chi connectivity index (χ2v) is 5.85. The van der Waals surface area contributed by atoms with E-state index >= 15 is 0 Å². The maximum atomic E-state index is 11.1. The Morgan fingerprint density at radius 2 is 1.83 bits per heavy atom. The minimum absolute atomic E-state index is 0.247. The van der Waals surface area contributed by atoms with Gasteiger partial charge in [-0.1, -0.05) is 30.3 Å². The summed E-state index contributed by atoms with van der Waals surface area (Å²) in [5, 5.41) is 0.247. The highest BCUT2D eigenvalue weighted by Crippen LogP contribution is 2.26. The van der Waals surface area contributed by atoms with Gasteiger partial charge in [0.05, 0.1) is 4.90 Å². The lowest BCUT2D eigenvalue weighted by molar-refractivity contribution is 0.460. The van der Waals surface area contributed by atoms with Gasteiger partial charge in [0, 0.05) is 11.9 Å². The van der Waals surface area contributed by atoms with Gasteiger partial charge in [0.2, 0.25) is 0 Å². The normalized spacial score (nSPS) is 11.4. The van der Waals surface area contributed by atoms with Crippen LogP contribution < -0.4 is 0 Å². The van der Waals surface area contributed by atoms with Crippen molar-refractivity contribution >= 4 is 21.9 Å². The molecule has 1 aromatic heterocycles. The van der Waals surface area contributed by atoms with Crippen LogP contribution in [-0.4, -0.2) is 18.0 Å². The lowest BCUT2D eigenvalue weighted by Gasteiger charge is -2.11. The van der Waals surface area contributed by atoms with Crippen molar-refractivity contribution in [2.75, 3.05) is 0 Å². The van der Waals surface area contributed by atoms with Crippen LogP contribution in [0.2, 0.25) is 0 Å². The van der Waals surface area contributed by atoms with Crippen LogP contribution in [0.4, 0.5) is 0 Å². The number of thioether (sulfide) groups is 1. The Labute approximate surface area is 110 Å². The van der Waals surface area contributed by atoms with Crippen molar-refractivity contribution in [1.29, 1.82) is 0 Å². The van der Waals surface area contributed by atoms with Crippen molar-refractivity contribution in [2.45, 2.75) is 15.7 Å². The molecule has 0 radical (unpaired) electrons. The topological polar surface area (TPSA) is 70.1 Å². The van der Waals surface area contributed by atoms with Gasteiger partial charge in [-0.15, -0.1) is 11.8 Å². The van der Waals surface area contributed by atoms with Crippen molar-refractivity contribution in [1.82, 2.24) is 4.98 Å². The molecular weight excluding hydrogens is 270 g/mol. The van der Waals surface area contributed by atoms with Gasteiger partial charge in [0.25, 0.3) is 0 Å². The Morgan fingerprint density at radius 3 is 2.50 bits per heavy atom. The molecule has 0 amide bonds. The summed E-state index contributed by atoms with van der Waals surface area (Å²) in [6.45, 7) is 0. The summed E-state index contributed by atoms with van der Waals surface area (Å²) in [7, 11) is -4.47. The third-order valence-corrected chi connectivity index (χ3v) is 4.30. The van der Waals surface area contributed by atoms with E-state index < -0.39 is 10.1 Å². The zero-order valence-corrected chi connectivity index (χ0v) is 10.9. The lowest BCUT2D eigenvalue weighted by Crippen LogP contribution is -2.02. The maximum Gasteiger partial charge on any atom is 0.127 e. The summed E-state index contributed by atoms with van der Waals surface area (Å²) in [5.74, 6) is 0.570. The molecule has 0 aliphatic rings. The predicted octanol–water partition coefficient (Wildman–Crippen LogP) is 2.28. The first-order chi connectivity index (χ1) is 8.57. The summed E-state index contributed by atoms with van der Waals surface area (Å²) >= 11 is 1.24. The first-order valence-electron chi connectivity index (χ1n) is 5.15. The van der Waals surface area contributed by atoms with Gasteiger partial charge >= 0.3 is 0 Å². The van der Waals surface area contributed by atoms with E-state index in [0.717, 1.165) is 5.56 Å². The van der Waals surface area contributed by atoms with Crippen LogP contribution in [0.15, 0.2) is 58.6 Å². The molecule has 0 atom stereocenters. The average Bonchev–Trinajstić information content (AvgIpc) is 2.37. The summed E-state index contributed by atoms with van der Waals surface area (Å²) in [6, 6.07) is 12.3. The van der Waals surface area contributed by atoms with Crippen LogP contribution in [0.5, 0.6) is 0 Å². The first-order valence-corrected chi connectivity index (χ1v) is 7.54. The highest BCUT2D eigenvalue weighted by molar-refractivity contribution is 7.99. The Balaban J connectivity index is 2.20. The van der Waals surface area contributed by atoms with E-state index in [1.807, 2.05) is 30.3 Å². The molecule has 0 spiro atoms. The fourth-order valence-electron chi connectivity index (χ4n) is 1.40. The highest BCUT2D eigenvalue weighted by Gasteiger charge is 2.10. The summed E-state index contributed by atoms with van der Waals surface area (Å²) in [4.78, 5) is 3.69. The third kappa shape index (κ3) is 3.32. The standard InChI is InChI=1S/C12H11NO3S2/c14-18(15,16)11-7-4-8-13-12(11)17-9-10-5-2-1-3-6-10/h1-8H,9H2,(H,14,15,16)/p-1. The van der Waals surface area contributed by atoms with Crippen LogP contribution in [0.25, 0.3) is 0 Å². The zero-order chi connectivity index (χ0) is 13.0. The third-order valence-electron chi connectivity index (χ3n) is 2.22. The van der Waals surface area contributed by atoms with Crippen LogP contribution in [-0.2, 0) is 15.9 Å². The Kier molecular flexibility index (Phi) is 4.00. The molecule has 0 N–H and O–H groups in total. The summed E-state index contributed by atoms with van der Waals surface area (Å²) < 4.78 is 33.2. The van der Waals surface area contributed by atoms with Crippen molar-refractivity contribution in [3.05, 3.63) is 54.2 Å². The maximum absolute atomic E-state index is 11.1. The average molecular weight is 280 g/mol. The monoisotopic (exact) mass is 280 g/mol. The van der Waals surface area contributed by atoms with Crippen LogP contribution in [0.1, 0.15) is 5.56 Å². The van der Waals surface area contributed by atoms with E-state index in [9.17, 15) is 13.0 Å². The molecule has 1 aromatic carbocycles. The summed E-state index contributed by atoms with van der Waals surface area (Å²) in [6.07, 6.45) is 1.47. The Bertz CT molecular complexity index is 627. The van der Waals surface area contributed by atoms with Crippen LogP contribution >= 0.6 is 11.8 Å². The molecule has 0 aliphatic heterocycles. The molecule has 18 heavy (non-hydrogen) atoms. The highest BCUT2D eigenvalue weighted by atomic mass is 32.2. The van der Waals surface area contributed by atoms with Crippen molar-refractivity contribution in [2.24, 2.45) is 0 Å². The van der Waals surface area contributed by atoms with E-state index in [1.54, 1.807) is 0 Å². The van der Waals surface area contributed by atoms with Gasteiger partial charge < -0.3 is 4.55 Å². The number of benzene rings is 1. The van der Waals surface area contributed by atoms with Gasteiger partial charge in [-0.2, -0.15) is 0 Å². The molecule has 0 saturated heterocycles. The van der Waals surface area contributed by atoms with Crippen molar-refractivity contribution in [3.63, 3.8) is 0 Å². The number of pyridine rings is 1. The van der Waals surface area contributed by atoms with E-state index in [2.05, 4.69) is 4.98 Å². The minimum atomic E-state index is -4.47. The molecule has 2 aromatic rings. The first kappa shape index (κ1) is 13.1. The Hall–Kier alpha value is -1.37. The Morgan fingerprint density at radius 1 is 1.11 bits per heavy atom. The minimum Gasteiger partial charge on any atom is -0.744 e. The number of hydrogen-bond donors (Lipinski definition) is 0. The molecule has 0 aliphatic carbocycles. The van der Waals surface area contributed by atoms with Gasteiger partial charge in [0.15, 0.2) is 0 Å². The molecule has 0 saturated carbocycles.